The molecule has 0 aliphatic rings. The Morgan fingerprint density at radius 2 is 2.35 bits per heavy atom. The topological polar surface area (TPSA) is 99.6 Å². The molecule has 102 valence electrons. The van der Waals surface area contributed by atoms with Crippen LogP contribution in [0.1, 0.15) is 6.92 Å². The van der Waals surface area contributed by atoms with Crippen molar-refractivity contribution >= 4 is 39.0 Å². The first kappa shape index (κ1) is 12.9. The van der Waals surface area contributed by atoms with Crippen LogP contribution in [0.5, 0.6) is 0 Å². The molecule has 8 nitrogen and oxygen atoms in total. The summed E-state index contributed by atoms with van der Waals surface area (Å²) >= 11 is 2.67. The summed E-state index contributed by atoms with van der Waals surface area (Å²) in [6.45, 7) is 2.58. The lowest BCUT2D eigenvalue weighted by Gasteiger charge is -1.88. The first-order valence-electron chi connectivity index (χ1n) is 5.66. The Morgan fingerprint density at radius 1 is 1.50 bits per heavy atom. The van der Waals surface area contributed by atoms with Crippen molar-refractivity contribution in [2.45, 2.75) is 23.0 Å². The van der Waals surface area contributed by atoms with Crippen molar-refractivity contribution in [1.82, 2.24) is 25.2 Å². The minimum Gasteiger partial charge on any atom is -0.258 e. The molecule has 0 aliphatic heterocycles. The Bertz CT molecular complexity index is 783. The van der Waals surface area contributed by atoms with Crippen LogP contribution in [0.15, 0.2) is 27.7 Å². The molecule has 2 aromatic heterocycles. The van der Waals surface area contributed by atoms with Crippen LogP contribution in [0, 0.1) is 10.1 Å². The number of aromatic nitrogens is 5. The molecule has 0 aliphatic carbocycles. The smallest absolute Gasteiger partial charge is 0.258 e. The molecule has 0 atom stereocenters. The Balaban J connectivity index is 1.90. The zero-order valence-electron chi connectivity index (χ0n) is 10.3. The van der Waals surface area contributed by atoms with Crippen molar-refractivity contribution < 1.29 is 4.92 Å². The van der Waals surface area contributed by atoms with E-state index in [0.29, 0.717) is 11.7 Å². The Labute approximate surface area is 121 Å². The van der Waals surface area contributed by atoms with Gasteiger partial charge in [0.1, 0.15) is 0 Å². The fraction of sp³-hybridized carbons (Fsp3) is 0.200. The molecule has 0 radical (unpaired) electrons. The maximum absolute atomic E-state index is 10.7. The van der Waals surface area contributed by atoms with E-state index < -0.39 is 4.92 Å². The molecule has 0 saturated heterocycles. The van der Waals surface area contributed by atoms with E-state index in [1.54, 1.807) is 6.07 Å². The lowest BCUT2D eigenvalue weighted by molar-refractivity contribution is -0.384. The molecule has 0 amide bonds. The lowest BCUT2D eigenvalue weighted by atomic mass is 10.3. The number of nitro benzene ring substituents is 1. The van der Waals surface area contributed by atoms with Gasteiger partial charge < -0.3 is 0 Å². The van der Waals surface area contributed by atoms with Gasteiger partial charge in [-0.25, -0.2) is 4.98 Å². The van der Waals surface area contributed by atoms with Crippen LogP contribution in [0.3, 0.4) is 0 Å². The molecule has 0 saturated carbocycles. The maximum Gasteiger partial charge on any atom is 0.270 e. The highest BCUT2D eigenvalue weighted by molar-refractivity contribution is 8.01. The van der Waals surface area contributed by atoms with E-state index in [4.69, 9.17) is 0 Å². The summed E-state index contributed by atoms with van der Waals surface area (Å²) in [5.41, 5.74) is 0.790. The van der Waals surface area contributed by atoms with Gasteiger partial charge in [0.05, 0.1) is 21.7 Å². The quantitative estimate of drug-likeness (QED) is 0.538. The summed E-state index contributed by atoms with van der Waals surface area (Å²) in [7, 11) is 0. The van der Waals surface area contributed by atoms with Crippen LogP contribution in [0.2, 0.25) is 0 Å². The summed E-state index contributed by atoms with van der Waals surface area (Å²) < 4.78 is 1.50. The van der Waals surface area contributed by atoms with E-state index in [0.717, 1.165) is 14.6 Å². The second-order valence-electron chi connectivity index (χ2n) is 3.75. The van der Waals surface area contributed by atoms with Crippen LogP contribution in [0.25, 0.3) is 10.2 Å². The zero-order chi connectivity index (χ0) is 14.1. The van der Waals surface area contributed by atoms with E-state index in [2.05, 4.69) is 20.4 Å². The van der Waals surface area contributed by atoms with E-state index in [-0.39, 0.29) is 5.69 Å². The predicted octanol–water partition coefficient (Wildman–Crippen LogP) is 2.36. The van der Waals surface area contributed by atoms with Gasteiger partial charge in [0, 0.05) is 12.1 Å². The van der Waals surface area contributed by atoms with Gasteiger partial charge in [0.2, 0.25) is 5.16 Å². The third-order valence-electron chi connectivity index (χ3n) is 2.46. The summed E-state index contributed by atoms with van der Waals surface area (Å²) in [6.07, 6.45) is 0. The van der Waals surface area contributed by atoms with Crippen molar-refractivity contribution in [3.63, 3.8) is 0 Å². The number of fused-ring (bicyclic) bond motifs is 1. The average molecular weight is 308 g/mol. The van der Waals surface area contributed by atoms with Gasteiger partial charge in [-0.15, -0.1) is 21.5 Å². The number of hydrogen-bond acceptors (Lipinski definition) is 8. The number of rotatable bonds is 4. The standard InChI is InChI=1S/C10H8N6O2S2/c1-2-15-13-9(12-14-15)20-10-11-7-4-3-6(16(17)18)5-8(7)19-10/h3-5H,2H2,1H3. The molecule has 3 aromatic rings. The number of benzene rings is 1. The second-order valence-corrected chi connectivity index (χ2v) is 6.00. The predicted molar refractivity (Wildman–Crippen MR) is 73.9 cm³/mol. The summed E-state index contributed by atoms with van der Waals surface area (Å²) in [5.74, 6) is 0. The third kappa shape index (κ3) is 2.47. The molecule has 10 heteroatoms. The SMILES string of the molecule is CCn1nnc(Sc2nc3ccc([N+](=O)[O-])cc3s2)n1. The zero-order valence-corrected chi connectivity index (χ0v) is 11.9. The summed E-state index contributed by atoms with van der Waals surface area (Å²) in [6, 6.07) is 4.61. The first-order chi connectivity index (χ1) is 9.65. The second kappa shape index (κ2) is 5.13. The van der Waals surface area contributed by atoms with Crippen molar-refractivity contribution in [2.24, 2.45) is 0 Å². The lowest BCUT2D eigenvalue weighted by Crippen LogP contribution is -1.98. The fourth-order valence-corrected chi connectivity index (χ4v) is 3.43. The van der Waals surface area contributed by atoms with Crippen LogP contribution >= 0.6 is 23.1 Å². The molecule has 0 N–H and O–H groups in total. The maximum atomic E-state index is 10.7. The van der Waals surface area contributed by atoms with Gasteiger partial charge >= 0.3 is 0 Å². The van der Waals surface area contributed by atoms with Crippen LogP contribution < -0.4 is 0 Å². The Hall–Kier alpha value is -2.07. The number of tetrazole rings is 1. The van der Waals surface area contributed by atoms with Crippen molar-refractivity contribution in [3.05, 3.63) is 28.3 Å². The average Bonchev–Trinajstić information content (AvgIpc) is 3.03. The molecule has 0 unspecified atom stereocenters. The summed E-state index contributed by atoms with van der Waals surface area (Å²) in [5, 5.41) is 23.2. The molecule has 0 spiro atoms. The molecule has 0 fully saturated rings. The van der Waals surface area contributed by atoms with Crippen molar-refractivity contribution in [1.29, 1.82) is 0 Å². The van der Waals surface area contributed by atoms with Crippen LogP contribution in [0.4, 0.5) is 5.69 Å². The van der Waals surface area contributed by atoms with Gasteiger partial charge in [0.25, 0.3) is 5.69 Å². The number of thiazole rings is 1. The van der Waals surface area contributed by atoms with Gasteiger partial charge in [0.15, 0.2) is 4.34 Å². The van der Waals surface area contributed by atoms with Crippen molar-refractivity contribution in [3.8, 4) is 0 Å². The first-order valence-corrected chi connectivity index (χ1v) is 7.29. The van der Waals surface area contributed by atoms with E-state index in [1.807, 2.05) is 6.92 Å². The van der Waals surface area contributed by atoms with E-state index in [1.165, 1.54) is 40.0 Å². The molecular formula is C10H8N6O2S2. The minimum atomic E-state index is -0.416. The Kier molecular flexibility index (Phi) is 3.32. The number of nitro groups is 1. The van der Waals surface area contributed by atoms with Crippen molar-refractivity contribution in [2.75, 3.05) is 0 Å². The molecular weight excluding hydrogens is 300 g/mol. The molecule has 2 heterocycles. The van der Waals surface area contributed by atoms with Crippen LogP contribution in [-0.4, -0.2) is 30.1 Å². The highest BCUT2D eigenvalue weighted by atomic mass is 32.2. The van der Waals surface area contributed by atoms with Gasteiger partial charge in [-0.3, -0.25) is 10.1 Å². The highest BCUT2D eigenvalue weighted by Crippen LogP contribution is 2.33. The molecule has 1 aromatic carbocycles. The molecule has 3 rings (SSSR count). The molecule has 0 bridgehead atoms. The number of aryl methyl sites for hydroxylation is 1. The van der Waals surface area contributed by atoms with E-state index in [9.17, 15) is 10.1 Å². The van der Waals surface area contributed by atoms with E-state index >= 15 is 0 Å². The normalized spacial score (nSPS) is 11.1. The minimum absolute atomic E-state index is 0.0627. The van der Waals surface area contributed by atoms with Gasteiger partial charge in [-0.2, -0.15) is 4.80 Å². The van der Waals surface area contributed by atoms with Gasteiger partial charge in [-0.1, -0.05) is 0 Å². The molecule has 20 heavy (non-hydrogen) atoms. The number of non-ortho nitro benzene ring substituents is 1. The highest BCUT2D eigenvalue weighted by Gasteiger charge is 2.12. The number of nitrogens with zero attached hydrogens (tertiary/aromatic N) is 6. The summed E-state index contributed by atoms with van der Waals surface area (Å²) in [4.78, 5) is 16.2. The monoisotopic (exact) mass is 308 g/mol. The third-order valence-corrected chi connectivity index (χ3v) is 4.38. The number of hydrogen-bond donors (Lipinski definition) is 0. The Morgan fingerprint density at radius 3 is 3.05 bits per heavy atom. The fourth-order valence-electron chi connectivity index (χ4n) is 1.53. The largest absolute Gasteiger partial charge is 0.270 e. The van der Waals surface area contributed by atoms with Crippen LogP contribution in [-0.2, 0) is 6.54 Å². The van der Waals surface area contributed by atoms with Gasteiger partial charge in [-0.05, 0) is 30.0 Å².